The number of benzene rings is 1. The van der Waals surface area contributed by atoms with Crippen LogP contribution < -0.4 is 4.72 Å². The summed E-state index contributed by atoms with van der Waals surface area (Å²) >= 11 is 0. The van der Waals surface area contributed by atoms with Crippen LogP contribution in [0.25, 0.3) is 0 Å². The lowest BCUT2D eigenvalue weighted by Crippen LogP contribution is -2.22. The van der Waals surface area contributed by atoms with Gasteiger partial charge < -0.3 is 10.2 Å². The number of nitrogens with one attached hydrogen (secondary N) is 1. The number of sulfonamides is 1. The first-order valence-corrected chi connectivity index (χ1v) is 6.00. The predicted octanol–water partition coefficient (Wildman–Crippen LogP) is 0.00520. The molecule has 0 radical (unpaired) electrons. The van der Waals surface area contributed by atoms with Gasteiger partial charge in [0, 0.05) is 5.69 Å². The molecule has 0 aliphatic carbocycles. The maximum atomic E-state index is 11.3. The van der Waals surface area contributed by atoms with Crippen LogP contribution in [0.5, 0.6) is 0 Å². The Morgan fingerprint density at radius 2 is 2.06 bits per heavy atom. The van der Waals surface area contributed by atoms with E-state index in [2.05, 4.69) is 4.72 Å². The Kier molecular flexibility index (Phi) is 3.86. The number of carboxylic acid groups (broad SMARTS) is 1. The lowest BCUT2D eigenvalue weighted by molar-refractivity contribution is -0.134. The Hall–Kier alpha value is -1.60. The molecule has 7 heteroatoms. The van der Waals surface area contributed by atoms with Crippen molar-refractivity contribution in [2.45, 2.75) is 6.61 Å². The van der Waals surface area contributed by atoms with Gasteiger partial charge in [0.25, 0.3) is 0 Å². The van der Waals surface area contributed by atoms with E-state index in [-0.39, 0.29) is 12.3 Å². The molecule has 0 atom stereocenters. The van der Waals surface area contributed by atoms with Gasteiger partial charge in [-0.15, -0.1) is 0 Å². The minimum Gasteiger partial charge on any atom is -0.480 e. The Morgan fingerprint density at radius 3 is 2.62 bits per heavy atom. The topological polar surface area (TPSA) is 104 Å². The molecule has 0 amide bonds. The molecule has 0 fully saturated rings. The number of hydrogen-bond donors (Lipinski definition) is 3. The molecular formula is C9H11NO5S. The summed E-state index contributed by atoms with van der Waals surface area (Å²) in [5.41, 5.74) is 0.767. The van der Waals surface area contributed by atoms with Crippen LogP contribution in [0.1, 0.15) is 5.56 Å². The zero-order chi connectivity index (χ0) is 12.2. The number of aliphatic hydroxyl groups is 1. The van der Waals surface area contributed by atoms with Crippen molar-refractivity contribution in [1.29, 1.82) is 0 Å². The minimum absolute atomic E-state index is 0.214. The highest BCUT2D eigenvalue weighted by molar-refractivity contribution is 7.93. The zero-order valence-corrected chi connectivity index (χ0v) is 9.07. The first-order chi connectivity index (χ1) is 7.43. The minimum atomic E-state index is -3.89. The molecule has 0 aromatic heterocycles. The molecular weight excluding hydrogens is 234 g/mol. The van der Waals surface area contributed by atoms with E-state index in [0.717, 1.165) is 0 Å². The van der Waals surface area contributed by atoms with E-state index in [1.807, 2.05) is 0 Å². The van der Waals surface area contributed by atoms with Gasteiger partial charge >= 0.3 is 5.97 Å². The monoisotopic (exact) mass is 245 g/mol. The number of hydrogen-bond acceptors (Lipinski definition) is 4. The SMILES string of the molecule is O=C(O)CS(=O)(=O)Nc1cccc(CO)c1. The zero-order valence-electron chi connectivity index (χ0n) is 8.25. The van der Waals surface area contributed by atoms with E-state index in [0.29, 0.717) is 5.56 Å². The van der Waals surface area contributed by atoms with Gasteiger partial charge in [0.2, 0.25) is 10.0 Å². The number of rotatable bonds is 5. The van der Waals surface area contributed by atoms with Crippen LogP contribution in [0, 0.1) is 0 Å². The van der Waals surface area contributed by atoms with Gasteiger partial charge in [0.1, 0.15) is 0 Å². The van der Waals surface area contributed by atoms with E-state index in [4.69, 9.17) is 10.2 Å². The van der Waals surface area contributed by atoms with Crippen LogP contribution in [0.3, 0.4) is 0 Å². The lowest BCUT2D eigenvalue weighted by Gasteiger charge is -2.06. The normalized spacial score (nSPS) is 11.1. The van der Waals surface area contributed by atoms with Gasteiger partial charge in [-0.05, 0) is 17.7 Å². The van der Waals surface area contributed by atoms with Crippen molar-refractivity contribution in [2.24, 2.45) is 0 Å². The van der Waals surface area contributed by atoms with Crippen LogP contribution in [0.15, 0.2) is 24.3 Å². The number of aliphatic carboxylic acids is 1. The average Bonchev–Trinajstić information content (AvgIpc) is 2.15. The maximum Gasteiger partial charge on any atom is 0.320 e. The van der Waals surface area contributed by atoms with Gasteiger partial charge in [0.05, 0.1) is 6.61 Å². The van der Waals surface area contributed by atoms with Crippen molar-refractivity contribution in [3.8, 4) is 0 Å². The van der Waals surface area contributed by atoms with Gasteiger partial charge in [-0.1, -0.05) is 12.1 Å². The molecule has 0 saturated carbocycles. The lowest BCUT2D eigenvalue weighted by atomic mass is 10.2. The van der Waals surface area contributed by atoms with Crippen LogP contribution in [0.2, 0.25) is 0 Å². The molecule has 1 aromatic carbocycles. The Balaban J connectivity index is 2.83. The Morgan fingerprint density at radius 1 is 1.38 bits per heavy atom. The number of carbonyl (C=O) groups is 1. The third kappa shape index (κ3) is 3.87. The van der Waals surface area contributed by atoms with Crippen molar-refractivity contribution in [2.75, 3.05) is 10.5 Å². The third-order valence-corrected chi connectivity index (χ3v) is 2.87. The Labute approximate surface area is 92.6 Å². The summed E-state index contributed by atoms with van der Waals surface area (Å²) in [6, 6.07) is 6.08. The van der Waals surface area contributed by atoms with Gasteiger partial charge in [-0.2, -0.15) is 0 Å². The van der Waals surface area contributed by atoms with Gasteiger partial charge in [-0.25, -0.2) is 8.42 Å². The summed E-state index contributed by atoms with van der Waals surface area (Å²) in [6.07, 6.45) is 0. The average molecular weight is 245 g/mol. The van der Waals surface area contributed by atoms with Gasteiger partial charge in [-0.3, -0.25) is 9.52 Å². The van der Waals surface area contributed by atoms with Crippen LogP contribution in [-0.4, -0.2) is 30.4 Å². The van der Waals surface area contributed by atoms with E-state index in [1.165, 1.54) is 12.1 Å². The highest BCUT2D eigenvalue weighted by atomic mass is 32.2. The summed E-state index contributed by atoms with van der Waals surface area (Å²) < 4.78 is 24.6. The second kappa shape index (κ2) is 4.95. The summed E-state index contributed by atoms with van der Waals surface area (Å²) in [5.74, 6) is -2.41. The van der Waals surface area contributed by atoms with E-state index in [9.17, 15) is 13.2 Å². The van der Waals surface area contributed by atoms with E-state index < -0.39 is 21.7 Å². The quantitative estimate of drug-likeness (QED) is 0.677. The molecule has 16 heavy (non-hydrogen) atoms. The molecule has 0 bridgehead atoms. The summed E-state index contributed by atoms with van der Waals surface area (Å²) in [7, 11) is -3.89. The first-order valence-electron chi connectivity index (χ1n) is 4.35. The van der Waals surface area contributed by atoms with Crippen molar-refractivity contribution in [3.63, 3.8) is 0 Å². The fourth-order valence-electron chi connectivity index (χ4n) is 1.11. The standard InChI is InChI=1S/C9H11NO5S/c11-5-7-2-1-3-8(4-7)10-16(14,15)6-9(12)13/h1-4,10-11H,5-6H2,(H,12,13). The molecule has 1 aromatic rings. The fourth-order valence-corrected chi connectivity index (χ4v) is 1.99. The molecule has 6 nitrogen and oxygen atoms in total. The van der Waals surface area contributed by atoms with Crippen molar-refractivity contribution in [1.82, 2.24) is 0 Å². The molecule has 0 spiro atoms. The number of anilines is 1. The van der Waals surface area contributed by atoms with Gasteiger partial charge in [0.15, 0.2) is 5.75 Å². The van der Waals surface area contributed by atoms with Crippen molar-refractivity contribution >= 4 is 21.7 Å². The summed E-state index contributed by atoms with van der Waals surface area (Å²) in [4.78, 5) is 10.3. The second-order valence-electron chi connectivity index (χ2n) is 3.11. The maximum absolute atomic E-state index is 11.3. The molecule has 0 aliphatic heterocycles. The molecule has 88 valence electrons. The van der Waals surface area contributed by atoms with Crippen LogP contribution >= 0.6 is 0 Å². The predicted molar refractivity (Wildman–Crippen MR) is 57.4 cm³/mol. The van der Waals surface area contributed by atoms with E-state index in [1.54, 1.807) is 12.1 Å². The highest BCUT2D eigenvalue weighted by Crippen LogP contribution is 2.12. The second-order valence-corrected chi connectivity index (χ2v) is 4.84. The molecule has 0 unspecified atom stereocenters. The highest BCUT2D eigenvalue weighted by Gasteiger charge is 2.15. The molecule has 0 aliphatic rings. The number of carboxylic acids is 1. The number of aliphatic hydroxyl groups excluding tert-OH is 1. The molecule has 1 rings (SSSR count). The first kappa shape index (κ1) is 12.5. The van der Waals surface area contributed by atoms with Crippen molar-refractivity contribution < 1.29 is 23.4 Å². The Bertz CT molecular complexity index is 482. The molecule has 0 heterocycles. The third-order valence-electron chi connectivity index (χ3n) is 1.70. The largest absolute Gasteiger partial charge is 0.480 e. The summed E-state index contributed by atoms with van der Waals surface area (Å²) in [5, 5.41) is 17.2. The smallest absolute Gasteiger partial charge is 0.320 e. The molecule has 3 N–H and O–H groups in total. The molecule has 0 saturated heterocycles. The van der Waals surface area contributed by atoms with Crippen molar-refractivity contribution in [3.05, 3.63) is 29.8 Å². The summed E-state index contributed by atoms with van der Waals surface area (Å²) in [6.45, 7) is -0.214. The van der Waals surface area contributed by atoms with Crippen LogP contribution in [0.4, 0.5) is 5.69 Å². The fraction of sp³-hybridized carbons (Fsp3) is 0.222. The van der Waals surface area contributed by atoms with Crippen LogP contribution in [-0.2, 0) is 21.4 Å². The van der Waals surface area contributed by atoms with E-state index >= 15 is 0 Å².